The van der Waals surface area contributed by atoms with Gasteiger partial charge in [-0.2, -0.15) is 0 Å². The van der Waals surface area contributed by atoms with E-state index in [4.69, 9.17) is 10.5 Å². The molecule has 0 atom stereocenters. The third-order valence-electron chi connectivity index (χ3n) is 1.82. The molecule has 0 unspecified atom stereocenters. The largest absolute Gasteiger partial charge is 0.504 e. The Morgan fingerprint density at radius 1 is 1.69 bits per heavy atom. The highest BCUT2D eigenvalue weighted by Gasteiger charge is 1.99. The van der Waals surface area contributed by atoms with Crippen molar-refractivity contribution in [3.8, 4) is 5.75 Å². The van der Waals surface area contributed by atoms with E-state index in [1.807, 2.05) is 0 Å². The van der Waals surface area contributed by atoms with E-state index in [1.54, 1.807) is 19.1 Å². The maximum atomic E-state index is 11.0. The number of esters is 1. The summed E-state index contributed by atoms with van der Waals surface area (Å²) in [6.07, 6.45) is 5.02. The molecule has 86 valence electrons. The number of nitrogens with two attached hydrogens (primary N) is 1. The number of carbonyl (C=O) groups excluding carboxylic acids is 1. The summed E-state index contributed by atoms with van der Waals surface area (Å²) in [5.74, 6) is -0.271. The number of nitrogen functional groups attached to an aromatic ring is 1. The lowest BCUT2D eigenvalue weighted by molar-refractivity contribution is -0.142. The van der Waals surface area contributed by atoms with E-state index in [-0.39, 0.29) is 24.0 Å². The molecule has 1 heterocycles. The summed E-state index contributed by atoms with van der Waals surface area (Å²) in [5, 5.41) is 9.28. The van der Waals surface area contributed by atoms with Crippen LogP contribution in [0.5, 0.6) is 5.75 Å². The van der Waals surface area contributed by atoms with Gasteiger partial charge in [0.15, 0.2) is 11.6 Å². The van der Waals surface area contributed by atoms with Gasteiger partial charge in [0.1, 0.15) is 0 Å². The Balaban J connectivity index is 2.56. The van der Waals surface area contributed by atoms with Crippen LogP contribution in [0.4, 0.5) is 5.82 Å². The number of nitrogens with zero attached hydrogens (tertiary/aromatic N) is 1. The van der Waals surface area contributed by atoms with Gasteiger partial charge in [-0.3, -0.25) is 4.79 Å². The molecule has 5 heteroatoms. The zero-order valence-electron chi connectivity index (χ0n) is 9.01. The van der Waals surface area contributed by atoms with Crippen LogP contribution < -0.4 is 5.73 Å². The second-order valence-electron chi connectivity index (χ2n) is 3.08. The number of carbonyl (C=O) groups is 1. The fourth-order valence-electron chi connectivity index (χ4n) is 1.08. The third kappa shape index (κ3) is 3.61. The lowest BCUT2D eigenvalue weighted by Crippen LogP contribution is -2.01. The highest BCUT2D eigenvalue weighted by molar-refractivity contribution is 5.72. The normalized spacial score (nSPS) is 10.6. The first-order valence-electron chi connectivity index (χ1n) is 4.90. The molecule has 0 saturated carbocycles. The van der Waals surface area contributed by atoms with Crippen molar-refractivity contribution in [2.24, 2.45) is 0 Å². The quantitative estimate of drug-likeness (QED) is 0.751. The molecule has 16 heavy (non-hydrogen) atoms. The standard InChI is InChI=1S/C11H14N2O3/c1-2-16-10(15)5-3-4-8-6-9(14)11(12)13-7-8/h3-4,6-7,14H,2,5H2,1H3,(H2,12,13). The molecule has 0 aliphatic heterocycles. The first-order chi connectivity index (χ1) is 7.63. The smallest absolute Gasteiger partial charge is 0.309 e. The molecule has 0 aliphatic rings. The monoisotopic (exact) mass is 222 g/mol. The molecular weight excluding hydrogens is 208 g/mol. The Morgan fingerprint density at radius 3 is 3.06 bits per heavy atom. The second-order valence-corrected chi connectivity index (χ2v) is 3.08. The van der Waals surface area contributed by atoms with Crippen molar-refractivity contribution in [3.63, 3.8) is 0 Å². The minimum absolute atomic E-state index is 0.0710. The van der Waals surface area contributed by atoms with E-state index in [0.29, 0.717) is 12.2 Å². The Hall–Kier alpha value is -2.04. The van der Waals surface area contributed by atoms with Crippen molar-refractivity contribution in [1.82, 2.24) is 4.98 Å². The van der Waals surface area contributed by atoms with E-state index < -0.39 is 0 Å². The molecule has 1 rings (SSSR count). The molecule has 0 amide bonds. The summed E-state index contributed by atoms with van der Waals surface area (Å²) in [6.45, 7) is 2.13. The van der Waals surface area contributed by atoms with Gasteiger partial charge in [-0.05, 0) is 18.6 Å². The van der Waals surface area contributed by atoms with Gasteiger partial charge in [-0.25, -0.2) is 4.98 Å². The topological polar surface area (TPSA) is 85.4 Å². The lowest BCUT2D eigenvalue weighted by Gasteiger charge is -1.99. The molecule has 1 aromatic heterocycles. The fraction of sp³-hybridized carbons (Fsp3) is 0.273. The van der Waals surface area contributed by atoms with Crippen molar-refractivity contribution >= 4 is 17.9 Å². The molecule has 0 radical (unpaired) electrons. The van der Waals surface area contributed by atoms with Gasteiger partial charge in [0.25, 0.3) is 0 Å². The van der Waals surface area contributed by atoms with Crippen LogP contribution in [-0.4, -0.2) is 22.7 Å². The van der Waals surface area contributed by atoms with Gasteiger partial charge >= 0.3 is 5.97 Å². The zero-order chi connectivity index (χ0) is 12.0. The van der Waals surface area contributed by atoms with Crippen LogP contribution in [0, 0.1) is 0 Å². The molecule has 0 fully saturated rings. The van der Waals surface area contributed by atoms with E-state index in [0.717, 1.165) is 0 Å². The van der Waals surface area contributed by atoms with Crippen LogP contribution in [-0.2, 0) is 9.53 Å². The summed E-state index contributed by atoms with van der Waals surface area (Å²) in [5.41, 5.74) is 6.02. The molecule has 0 saturated heterocycles. The van der Waals surface area contributed by atoms with Crippen LogP contribution >= 0.6 is 0 Å². The number of aromatic hydroxyl groups is 1. The number of anilines is 1. The average Bonchev–Trinajstić information content (AvgIpc) is 2.24. The lowest BCUT2D eigenvalue weighted by atomic mass is 10.2. The molecule has 1 aromatic rings. The minimum Gasteiger partial charge on any atom is -0.504 e. The summed E-state index contributed by atoms with van der Waals surface area (Å²) in [4.78, 5) is 14.8. The zero-order valence-corrected chi connectivity index (χ0v) is 9.01. The third-order valence-corrected chi connectivity index (χ3v) is 1.82. The van der Waals surface area contributed by atoms with Crippen molar-refractivity contribution in [1.29, 1.82) is 0 Å². The van der Waals surface area contributed by atoms with Gasteiger partial charge in [-0.15, -0.1) is 0 Å². The van der Waals surface area contributed by atoms with Crippen LogP contribution in [0.25, 0.3) is 6.08 Å². The SMILES string of the molecule is CCOC(=O)CC=Cc1cnc(N)c(O)c1. The fourth-order valence-corrected chi connectivity index (χ4v) is 1.08. The van der Waals surface area contributed by atoms with Crippen molar-refractivity contribution in [2.45, 2.75) is 13.3 Å². The highest BCUT2D eigenvalue weighted by Crippen LogP contribution is 2.18. The Labute approximate surface area is 93.6 Å². The summed E-state index contributed by atoms with van der Waals surface area (Å²) >= 11 is 0. The average molecular weight is 222 g/mol. The summed E-state index contributed by atoms with van der Waals surface area (Å²) in [7, 11) is 0. The van der Waals surface area contributed by atoms with Gasteiger partial charge in [-0.1, -0.05) is 12.2 Å². The molecular formula is C11H14N2O3. The van der Waals surface area contributed by atoms with E-state index in [9.17, 15) is 9.90 Å². The predicted molar refractivity (Wildman–Crippen MR) is 60.6 cm³/mol. The first kappa shape index (κ1) is 12.0. The van der Waals surface area contributed by atoms with Crippen molar-refractivity contribution in [3.05, 3.63) is 23.9 Å². The molecule has 0 spiro atoms. The van der Waals surface area contributed by atoms with Crippen LogP contribution in [0.15, 0.2) is 18.3 Å². The maximum Gasteiger partial charge on any atom is 0.309 e. The van der Waals surface area contributed by atoms with Gasteiger partial charge in [0, 0.05) is 6.20 Å². The van der Waals surface area contributed by atoms with Crippen molar-refractivity contribution < 1.29 is 14.6 Å². The van der Waals surface area contributed by atoms with Gasteiger partial charge in [0.05, 0.1) is 13.0 Å². The number of ether oxygens (including phenoxy) is 1. The van der Waals surface area contributed by atoms with E-state index in [2.05, 4.69) is 4.98 Å². The number of hydrogen-bond donors (Lipinski definition) is 2. The van der Waals surface area contributed by atoms with E-state index >= 15 is 0 Å². The molecule has 3 N–H and O–H groups in total. The van der Waals surface area contributed by atoms with Gasteiger partial charge in [0.2, 0.25) is 0 Å². The number of rotatable bonds is 4. The Bertz CT molecular complexity index is 402. The van der Waals surface area contributed by atoms with Crippen LogP contribution in [0.3, 0.4) is 0 Å². The van der Waals surface area contributed by atoms with E-state index in [1.165, 1.54) is 12.3 Å². The first-order valence-corrected chi connectivity index (χ1v) is 4.90. The number of hydrogen-bond acceptors (Lipinski definition) is 5. The number of aromatic nitrogens is 1. The number of pyridine rings is 1. The molecule has 5 nitrogen and oxygen atoms in total. The second kappa shape index (κ2) is 5.75. The Kier molecular flexibility index (Phi) is 4.32. The van der Waals surface area contributed by atoms with Crippen LogP contribution in [0.1, 0.15) is 18.9 Å². The summed E-state index contributed by atoms with van der Waals surface area (Å²) < 4.78 is 4.75. The van der Waals surface area contributed by atoms with Crippen LogP contribution in [0.2, 0.25) is 0 Å². The predicted octanol–water partition coefficient (Wildman–Crippen LogP) is 1.34. The molecule has 0 aliphatic carbocycles. The Morgan fingerprint density at radius 2 is 2.44 bits per heavy atom. The molecule has 0 aromatic carbocycles. The maximum absolute atomic E-state index is 11.0. The van der Waals surface area contributed by atoms with Gasteiger partial charge < -0.3 is 15.6 Å². The van der Waals surface area contributed by atoms with Crippen molar-refractivity contribution in [2.75, 3.05) is 12.3 Å². The summed E-state index contributed by atoms with van der Waals surface area (Å²) in [6, 6.07) is 1.48. The minimum atomic E-state index is -0.286. The highest BCUT2D eigenvalue weighted by atomic mass is 16.5. The molecule has 0 bridgehead atoms.